The molecule has 0 heterocycles. The van der Waals surface area contributed by atoms with Crippen LogP contribution in [0.15, 0.2) is 24.3 Å². The van der Waals surface area contributed by atoms with Crippen LogP contribution >= 0.6 is 17.0 Å². The fourth-order valence-corrected chi connectivity index (χ4v) is 1.76. The van der Waals surface area contributed by atoms with E-state index in [9.17, 15) is 0 Å². The summed E-state index contributed by atoms with van der Waals surface area (Å²) in [7, 11) is 0. The summed E-state index contributed by atoms with van der Waals surface area (Å²) in [5.74, 6) is 0. The van der Waals surface area contributed by atoms with Crippen molar-refractivity contribution in [2.45, 2.75) is 5.02 Å². The van der Waals surface area contributed by atoms with E-state index in [0.29, 0.717) is 0 Å². The molecule has 11 heavy (non-hydrogen) atoms. The molecule has 0 saturated heterocycles. The molecule has 1 nitrogen and oxygen atoms in total. The van der Waals surface area contributed by atoms with Crippen molar-refractivity contribution in [3.63, 3.8) is 0 Å². The molecule has 0 bridgehead atoms. The zero-order valence-corrected chi connectivity index (χ0v) is 10.8. The quantitative estimate of drug-likeness (QED) is 0.712. The van der Waals surface area contributed by atoms with Gasteiger partial charge in [-0.3, -0.25) is 0 Å². The van der Waals surface area contributed by atoms with Gasteiger partial charge in [-0.1, -0.05) is 0 Å². The molecule has 0 atom stereocenters. The van der Waals surface area contributed by atoms with Crippen molar-refractivity contribution in [1.29, 1.82) is 5.26 Å². The van der Waals surface area contributed by atoms with Crippen molar-refractivity contribution in [3.8, 4) is 6.07 Å². The molecular formula is C8H7BrNZn. The number of nitrogens with zero attached hydrogens (tertiary/aromatic N) is 1. The van der Waals surface area contributed by atoms with Crippen molar-refractivity contribution in [3.05, 3.63) is 35.4 Å². The second-order valence-corrected chi connectivity index (χ2v) is 3.07. The van der Waals surface area contributed by atoms with Crippen molar-refractivity contribution in [2.75, 3.05) is 0 Å². The second kappa shape index (κ2) is 5.46. The van der Waals surface area contributed by atoms with Crippen LogP contribution in [-0.4, -0.2) is 0 Å². The molecule has 0 aliphatic heterocycles. The van der Waals surface area contributed by atoms with E-state index in [0.717, 1.165) is 10.6 Å². The van der Waals surface area contributed by atoms with Crippen molar-refractivity contribution >= 4 is 17.0 Å². The third kappa shape index (κ3) is 2.73. The molecule has 1 rings (SSSR count). The van der Waals surface area contributed by atoms with Crippen LogP contribution in [0.1, 0.15) is 11.1 Å². The van der Waals surface area contributed by atoms with E-state index < -0.39 is 0 Å². The first-order chi connectivity index (χ1) is 4.88. The molecule has 53 valence electrons. The number of rotatable bonds is 1. The van der Waals surface area contributed by atoms with E-state index in [2.05, 4.69) is 6.07 Å². The summed E-state index contributed by atoms with van der Waals surface area (Å²) in [4.78, 5) is 0. The van der Waals surface area contributed by atoms with Gasteiger partial charge >= 0.3 is 70.0 Å². The average Bonchev–Trinajstić information content (AvgIpc) is 2.04. The van der Waals surface area contributed by atoms with E-state index in [-0.39, 0.29) is 17.0 Å². The first-order valence-corrected chi connectivity index (χ1v) is 5.25. The molecule has 0 N–H and O–H groups in total. The Hall–Kier alpha value is -0.187. The molecular weight excluding hydrogens is 255 g/mol. The number of halogens is 1. The van der Waals surface area contributed by atoms with Crippen molar-refractivity contribution in [2.24, 2.45) is 0 Å². The molecule has 0 fully saturated rings. The van der Waals surface area contributed by atoms with Gasteiger partial charge in [0.25, 0.3) is 0 Å². The van der Waals surface area contributed by atoms with Gasteiger partial charge in [0.15, 0.2) is 0 Å². The van der Waals surface area contributed by atoms with Crippen LogP contribution < -0.4 is 0 Å². The summed E-state index contributed by atoms with van der Waals surface area (Å²) < 4.78 is 0. The minimum absolute atomic E-state index is 0. The molecule has 0 aliphatic carbocycles. The van der Waals surface area contributed by atoms with Crippen LogP contribution in [0.3, 0.4) is 0 Å². The number of hydrogen-bond donors (Lipinski definition) is 0. The van der Waals surface area contributed by atoms with Crippen LogP contribution in [0.5, 0.6) is 0 Å². The summed E-state index contributed by atoms with van der Waals surface area (Å²) >= 11 is 1.22. The molecule has 0 aromatic heterocycles. The van der Waals surface area contributed by atoms with Gasteiger partial charge in [-0.25, -0.2) is 0 Å². The monoisotopic (exact) mass is 260 g/mol. The summed E-state index contributed by atoms with van der Waals surface area (Å²) in [5.41, 5.74) is 2.01. The zero-order chi connectivity index (χ0) is 7.40. The third-order valence-electron chi connectivity index (χ3n) is 1.41. The van der Waals surface area contributed by atoms with Gasteiger partial charge in [0, 0.05) is 0 Å². The Bertz CT molecular complexity index is 267. The Morgan fingerprint density at radius 3 is 2.45 bits per heavy atom. The Morgan fingerprint density at radius 1 is 1.36 bits per heavy atom. The van der Waals surface area contributed by atoms with Crippen molar-refractivity contribution < 1.29 is 18.3 Å². The zero-order valence-electron chi connectivity index (χ0n) is 6.08. The topological polar surface area (TPSA) is 23.8 Å². The van der Waals surface area contributed by atoms with E-state index in [1.807, 2.05) is 24.3 Å². The number of hydrogen-bond acceptors (Lipinski definition) is 1. The molecule has 3 heteroatoms. The molecule has 0 saturated carbocycles. The molecule has 0 aliphatic rings. The molecule has 0 spiro atoms. The molecule has 0 amide bonds. The SMILES string of the molecule is Br.N#Cc1ccccc1[CH2][Zn]. The van der Waals surface area contributed by atoms with E-state index >= 15 is 0 Å². The molecule has 1 aromatic rings. The van der Waals surface area contributed by atoms with E-state index in [1.54, 1.807) is 0 Å². The van der Waals surface area contributed by atoms with Crippen LogP contribution in [0.25, 0.3) is 0 Å². The fraction of sp³-hybridized carbons (Fsp3) is 0.125. The van der Waals surface area contributed by atoms with Crippen molar-refractivity contribution in [1.82, 2.24) is 0 Å². The molecule has 0 radical (unpaired) electrons. The Kier molecular flexibility index (Phi) is 5.37. The van der Waals surface area contributed by atoms with E-state index in [4.69, 9.17) is 5.26 Å². The predicted molar refractivity (Wildman–Crippen MR) is 45.2 cm³/mol. The van der Waals surface area contributed by atoms with Gasteiger partial charge in [0.2, 0.25) is 0 Å². The second-order valence-electron chi connectivity index (χ2n) is 2.02. The maximum atomic E-state index is 8.61. The normalized spacial score (nSPS) is 8.09. The van der Waals surface area contributed by atoms with Gasteiger partial charge in [-0.15, -0.1) is 17.0 Å². The van der Waals surface area contributed by atoms with Gasteiger partial charge in [0.1, 0.15) is 0 Å². The Balaban J connectivity index is 0.000001000. The van der Waals surface area contributed by atoms with Crippen LogP contribution in [0, 0.1) is 11.3 Å². The predicted octanol–water partition coefficient (Wildman–Crippen LogP) is 2.18. The first-order valence-electron chi connectivity index (χ1n) is 3.15. The summed E-state index contributed by atoms with van der Waals surface area (Å²) in [6.45, 7) is 0. The Labute approximate surface area is 86.9 Å². The standard InChI is InChI=1S/C8H6N.BrH.Zn/c1-7-4-2-3-5-8(7)6-9;;/h2-5H,1H2;1H;. The fourth-order valence-electron chi connectivity index (χ4n) is 0.847. The van der Waals surface area contributed by atoms with E-state index in [1.165, 1.54) is 23.9 Å². The maximum absolute atomic E-state index is 8.61. The van der Waals surface area contributed by atoms with Crippen LogP contribution in [0.4, 0.5) is 0 Å². The number of benzene rings is 1. The van der Waals surface area contributed by atoms with Crippen LogP contribution in [-0.2, 0) is 23.3 Å². The van der Waals surface area contributed by atoms with Gasteiger partial charge in [-0.05, 0) is 0 Å². The first kappa shape index (κ1) is 10.8. The Morgan fingerprint density at radius 2 is 2.00 bits per heavy atom. The summed E-state index contributed by atoms with van der Waals surface area (Å²) in [6, 6.07) is 9.93. The minimum atomic E-state index is 0. The van der Waals surface area contributed by atoms with Crippen LogP contribution in [0.2, 0.25) is 0 Å². The van der Waals surface area contributed by atoms with Gasteiger partial charge in [-0.2, -0.15) is 0 Å². The third-order valence-corrected chi connectivity index (χ3v) is 2.54. The van der Waals surface area contributed by atoms with Gasteiger partial charge in [0.05, 0.1) is 0 Å². The van der Waals surface area contributed by atoms with Gasteiger partial charge < -0.3 is 0 Å². The summed E-state index contributed by atoms with van der Waals surface area (Å²) in [5, 5.41) is 9.67. The molecule has 1 aromatic carbocycles. The summed E-state index contributed by atoms with van der Waals surface area (Å²) in [6.07, 6.45) is 0. The molecule has 0 unspecified atom stereocenters. The average molecular weight is 262 g/mol. The number of nitriles is 1.